The lowest BCUT2D eigenvalue weighted by Gasteiger charge is -1.92. The lowest BCUT2D eigenvalue weighted by Crippen LogP contribution is -2.04. The van der Waals surface area contributed by atoms with E-state index in [1.807, 2.05) is 6.08 Å². The zero-order valence-corrected chi connectivity index (χ0v) is 8.22. The van der Waals surface area contributed by atoms with Crippen LogP contribution in [0.2, 0.25) is 0 Å². The highest BCUT2D eigenvalue weighted by Gasteiger charge is 1.86. The van der Waals surface area contributed by atoms with Gasteiger partial charge in [0.05, 0.1) is 0 Å². The van der Waals surface area contributed by atoms with E-state index in [9.17, 15) is 4.39 Å². The third-order valence-corrected chi connectivity index (χ3v) is 1.60. The summed E-state index contributed by atoms with van der Waals surface area (Å²) in [4.78, 5) is 0. The van der Waals surface area contributed by atoms with E-state index >= 15 is 0 Å². The minimum Gasteiger partial charge on any atom is -0.330 e. The predicted octanol–water partition coefficient (Wildman–Crippen LogP) is 1.74. The van der Waals surface area contributed by atoms with Crippen LogP contribution >= 0.6 is 0 Å². The molecule has 0 atom stereocenters. The van der Waals surface area contributed by atoms with Crippen molar-refractivity contribution in [3.05, 3.63) is 24.1 Å². The standard InChI is InChI=1S/C10H19FN2/c1-13-9-7-10(11)6-4-2-3-5-8-12/h4,6-7,13H,2-3,5,8-9,12H2,1H3/b6-4-,10-7+. The van der Waals surface area contributed by atoms with Gasteiger partial charge in [0.2, 0.25) is 0 Å². The number of likely N-dealkylation sites (N-methyl/N-ethyl adjacent to an activating group) is 1. The first-order chi connectivity index (χ1) is 6.31. The van der Waals surface area contributed by atoms with Crippen molar-refractivity contribution in [1.82, 2.24) is 5.32 Å². The number of nitrogens with two attached hydrogens (primary N) is 1. The zero-order valence-electron chi connectivity index (χ0n) is 8.22. The largest absolute Gasteiger partial charge is 0.330 e. The van der Waals surface area contributed by atoms with Crippen molar-refractivity contribution in [1.29, 1.82) is 0 Å². The molecule has 0 aromatic carbocycles. The Hall–Kier alpha value is -0.670. The first kappa shape index (κ1) is 12.3. The minimum absolute atomic E-state index is 0.179. The summed E-state index contributed by atoms with van der Waals surface area (Å²) in [6.07, 6.45) is 7.81. The molecule has 2 nitrogen and oxygen atoms in total. The molecule has 3 heteroatoms. The summed E-state index contributed by atoms with van der Waals surface area (Å²) in [6, 6.07) is 0. The molecule has 0 spiro atoms. The molecule has 76 valence electrons. The van der Waals surface area contributed by atoms with Gasteiger partial charge in [-0.25, -0.2) is 4.39 Å². The fraction of sp³-hybridized carbons (Fsp3) is 0.600. The van der Waals surface area contributed by atoms with Gasteiger partial charge in [-0.2, -0.15) is 0 Å². The number of hydrogen-bond acceptors (Lipinski definition) is 2. The second kappa shape index (κ2) is 9.42. The third kappa shape index (κ3) is 9.24. The average molecular weight is 186 g/mol. The van der Waals surface area contributed by atoms with Gasteiger partial charge in [0.25, 0.3) is 0 Å². The number of rotatable bonds is 7. The monoisotopic (exact) mass is 186 g/mol. The Morgan fingerprint density at radius 2 is 2.23 bits per heavy atom. The summed E-state index contributed by atoms with van der Waals surface area (Å²) in [5.74, 6) is -0.179. The Morgan fingerprint density at radius 1 is 1.46 bits per heavy atom. The van der Waals surface area contributed by atoms with E-state index < -0.39 is 0 Å². The van der Waals surface area contributed by atoms with E-state index in [2.05, 4.69) is 5.32 Å². The normalized spacial score (nSPS) is 12.7. The lowest BCUT2D eigenvalue weighted by molar-refractivity contribution is 0.657. The number of allylic oxidation sites excluding steroid dienone is 3. The summed E-state index contributed by atoms with van der Waals surface area (Å²) < 4.78 is 12.8. The van der Waals surface area contributed by atoms with Crippen molar-refractivity contribution >= 4 is 0 Å². The molecule has 0 aliphatic carbocycles. The minimum atomic E-state index is -0.179. The van der Waals surface area contributed by atoms with Gasteiger partial charge in [-0.15, -0.1) is 0 Å². The first-order valence-electron chi connectivity index (χ1n) is 4.68. The first-order valence-corrected chi connectivity index (χ1v) is 4.68. The van der Waals surface area contributed by atoms with Crippen molar-refractivity contribution in [2.45, 2.75) is 19.3 Å². The van der Waals surface area contributed by atoms with Gasteiger partial charge in [0.1, 0.15) is 5.83 Å². The molecule has 0 amide bonds. The van der Waals surface area contributed by atoms with E-state index in [0.717, 1.165) is 19.3 Å². The van der Waals surface area contributed by atoms with E-state index in [1.165, 1.54) is 12.2 Å². The fourth-order valence-electron chi connectivity index (χ4n) is 0.870. The highest BCUT2D eigenvalue weighted by atomic mass is 19.1. The lowest BCUT2D eigenvalue weighted by atomic mass is 10.2. The van der Waals surface area contributed by atoms with Gasteiger partial charge in [0.15, 0.2) is 0 Å². The highest BCUT2D eigenvalue weighted by Crippen LogP contribution is 2.01. The van der Waals surface area contributed by atoms with Crippen molar-refractivity contribution in [2.24, 2.45) is 5.73 Å². The van der Waals surface area contributed by atoms with Crippen LogP contribution in [0.5, 0.6) is 0 Å². The Balaban J connectivity index is 3.46. The molecule has 0 saturated carbocycles. The Morgan fingerprint density at radius 3 is 2.85 bits per heavy atom. The third-order valence-electron chi connectivity index (χ3n) is 1.60. The van der Waals surface area contributed by atoms with Crippen molar-refractivity contribution in [3.8, 4) is 0 Å². The van der Waals surface area contributed by atoms with Crippen LogP contribution in [0.25, 0.3) is 0 Å². The van der Waals surface area contributed by atoms with Crippen molar-refractivity contribution in [3.63, 3.8) is 0 Å². The average Bonchev–Trinajstić information content (AvgIpc) is 2.14. The van der Waals surface area contributed by atoms with Crippen LogP contribution in [-0.4, -0.2) is 20.1 Å². The quantitative estimate of drug-likeness (QED) is 0.469. The predicted molar refractivity (Wildman–Crippen MR) is 55.2 cm³/mol. The maximum atomic E-state index is 12.8. The van der Waals surface area contributed by atoms with Gasteiger partial charge in [-0.3, -0.25) is 0 Å². The van der Waals surface area contributed by atoms with E-state index in [0.29, 0.717) is 13.1 Å². The smallest absolute Gasteiger partial charge is 0.120 e. The molecule has 0 rings (SSSR count). The molecule has 0 aromatic rings. The number of halogens is 1. The fourth-order valence-corrected chi connectivity index (χ4v) is 0.870. The zero-order chi connectivity index (χ0) is 9.94. The molecule has 0 aliphatic rings. The van der Waals surface area contributed by atoms with Crippen LogP contribution in [0.15, 0.2) is 24.1 Å². The molecule has 13 heavy (non-hydrogen) atoms. The Kier molecular flexibility index (Phi) is 8.93. The van der Waals surface area contributed by atoms with E-state index in [-0.39, 0.29) is 5.83 Å². The van der Waals surface area contributed by atoms with Gasteiger partial charge < -0.3 is 11.1 Å². The van der Waals surface area contributed by atoms with E-state index in [1.54, 1.807) is 7.05 Å². The van der Waals surface area contributed by atoms with Gasteiger partial charge in [-0.1, -0.05) is 6.08 Å². The Bertz CT molecular complexity index is 164. The van der Waals surface area contributed by atoms with E-state index in [4.69, 9.17) is 5.73 Å². The van der Waals surface area contributed by atoms with Gasteiger partial charge >= 0.3 is 0 Å². The molecule has 0 saturated heterocycles. The van der Waals surface area contributed by atoms with Crippen LogP contribution in [0.1, 0.15) is 19.3 Å². The molecule has 0 radical (unpaired) electrons. The summed E-state index contributed by atoms with van der Waals surface area (Å²) in [5, 5.41) is 2.84. The molecule has 0 heterocycles. The number of unbranched alkanes of at least 4 members (excludes halogenated alkanes) is 2. The topological polar surface area (TPSA) is 38.0 Å². The Labute approximate surface area is 79.7 Å². The molecular weight excluding hydrogens is 167 g/mol. The molecule has 0 fully saturated rings. The van der Waals surface area contributed by atoms with Crippen LogP contribution < -0.4 is 11.1 Å². The molecule has 0 aliphatic heterocycles. The van der Waals surface area contributed by atoms with Gasteiger partial charge in [-0.05, 0) is 45.0 Å². The maximum absolute atomic E-state index is 12.8. The second-order valence-electron chi connectivity index (χ2n) is 2.83. The highest BCUT2D eigenvalue weighted by molar-refractivity contribution is 5.11. The molecule has 0 unspecified atom stereocenters. The summed E-state index contributed by atoms with van der Waals surface area (Å²) in [5.41, 5.74) is 5.32. The summed E-state index contributed by atoms with van der Waals surface area (Å²) >= 11 is 0. The molecule has 0 aromatic heterocycles. The molecule has 3 N–H and O–H groups in total. The SMILES string of the molecule is CNC/C=C(F)\C=C/CCCCN. The molecular formula is C10H19FN2. The summed E-state index contributed by atoms with van der Waals surface area (Å²) in [6.45, 7) is 1.28. The second-order valence-corrected chi connectivity index (χ2v) is 2.83. The van der Waals surface area contributed by atoms with Crippen LogP contribution in [-0.2, 0) is 0 Å². The molecule has 0 bridgehead atoms. The number of nitrogens with one attached hydrogen (secondary N) is 1. The van der Waals surface area contributed by atoms with Crippen LogP contribution in [0.4, 0.5) is 4.39 Å². The van der Waals surface area contributed by atoms with Crippen LogP contribution in [0.3, 0.4) is 0 Å². The van der Waals surface area contributed by atoms with Crippen molar-refractivity contribution < 1.29 is 4.39 Å². The maximum Gasteiger partial charge on any atom is 0.120 e. The number of hydrogen-bond donors (Lipinski definition) is 2. The van der Waals surface area contributed by atoms with Gasteiger partial charge in [0, 0.05) is 6.54 Å². The van der Waals surface area contributed by atoms with Crippen LogP contribution in [0, 0.1) is 0 Å². The summed E-state index contributed by atoms with van der Waals surface area (Å²) in [7, 11) is 1.79. The van der Waals surface area contributed by atoms with Crippen molar-refractivity contribution in [2.75, 3.05) is 20.1 Å².